The average Bonchev–Trinajstić information content (AvgIpc) is 3.69. The highest BCUT2D eigenvalue weighted by atomic mass is 32.1. The number of hydrogen-bond donors (Lipinski definition) is 5. The van der Waals surface area contributed by atoms with E-state index in [9.17, 15) is 15.0 Å². The fourth-order valence-electron chi connectivity index (χ4n) is 12.2. The maximum absolute atomic E-state index is 14.0. The molecule has 0 atom stereocenters. The summed E-state index contributed by atoms with van der Waals surface area (Å²) in [6.07, 6.45) is 0.963. The highest BCUT2D eigenvalue weighted by molar-refractivity contribution is 7.80. The highest BCUT2D eigenvalue weighted by Gasteiger charge is 2.83. The molecule has 3 aromatic carbocycles. The number of hydrogen-bond acceptors (Lipinski definition) is 19. The van der Waals surface area contributed by atoms with Crippen LogP contribution in [0.15, 0.2) is 54.6 Å². The minimum atomic E-state index is -4.23. The van der Waals surface area contributed by atoms with Gasteiger partial charge < -0.3 is 85.4 Å². The van der Waals surface area contributed by atoms with Crippen LogP contribution in [0.4, 0.5) is 5.69 Å². The summed E-state index contributed by atoms with van der Waals surface area (Å²) in [5, 5.41) is 27.8. The third kappa shape index (κ3) is 12.0. The van der Waals surface area contributed by atoms with Gasteiger partial charge in [-0.3, -0.25) is 0 Å². The molecule has 0 aromatic heterocycles. The quantitative estimate of drug-likeness (QED) is 0.0306. The lowest BCUT2D eigenvalue weighted by atomic mass is 9.77. The molecule has 6 saturated heterocycles. The second-order valence-electron chi connectivity index (χ2n) is 24.9. The third-order valence-electron chi connectivity index (χ3n) is 14.3. The van der Waals surface area contributed by atoms with Crippen molar-refractivity contribution in [3.05, 3.63) is 76.9 Å². The summed E-state index contributed by atoms with van der Waals surface area (Å²) in [5.41, 5.74) is 7.42. The number of phenols is 2. The van der Waals surface area contributed by atoms with Crippen LogP contribution in [0.2, 0.25) is 48.4 Å². The van der Waals surface area contributed by atoms with Gasteiger partial charge in [-0.2, -0.15) is 0 Å². The Bertz CT molecular complexity index is 2640. The Hall–Kier alpha value is -2.56. The van der Waals surface area contributed by atoms with E-state index in [0.29, 0.717) is 113 Å². The van der Waals surface area contributed by atoms with Gasteiger partial charge in [0, 0.05) is 89.4 Å². The molecular formula is C51H81N3O17SSi8. The van der Waals surface area contributed by atoms with E-state index in [1.54, 1.807) is 18.2 Å². The number of esters is 1. The van der Waals surface area contributed by atoms with Crippen LogP contribution < -0.4 is 21.1 Å². The number of benzene rings is 3. The van der Waals surface area contributed by atoms with Crippen LogP contribution >= 0.6 is 12.2 Å². The zero-order chi connectivity index (χ0) is 57.5. The van der Waals surface area contributed by atoms with Crippen molar-refractivity contribution in [2.75, 3.05) is 18.4 Å². The van der Waals surface area contributed by atoms with Gasteiger partial charge in [-0.1, -0.05) is 89.2 Å². The number of carbonyl (C=O) groups excluding carboxylic acids is 1. The SMILES string of the molecule is CC(C)C[Si]12O[Si]3(CCCN)O[Si]4(CC(C)C)O[Si](CC(C)C)(O[Si]5(CCCNC(=S)Nc6ccc7c(c6)C(=O)OC76c7ccc(O)cc7Oc7cc(O)ccc76)O[Si](CC(C)C)(O1)O[Si](CC(C)C)(O3)O[Si](CC(C)C)(O5)O4)O2. The van der Waals surface area contributed by atoms with E-state index in [1.165, 1.54) is 24.3 Å². The van der Waals surface area contributed by atoms with Crippen molar-refractivity contribution >= 4 is 99.4 Å². The Labute approximate surface area is 485 Å². The fourth-order valence-corrected chi connectivity index (χ4v) is 63.8. The van der Waals surface area contributed by atoms with E-state index in [1.807, 2.05) is 12.1 Å². The standard InChI is InChI=1S/C51H81N3O17SSi8/c1-34(2)28-75-60-73(23-13-21-52)61-76(29-35(3)4)68-78(66-75,31-37(7)8)63-74(64-79(67-75,32-38(9)10)69-77(62-73,30-36(5)6)71-80(65-74,70-76)33-39(11)12)24-14-22-53-50(72)54-40-15-18-44-43(25-40)49(57)59-51(44)45-19-16-41(55)26-47(45)58-48-27-42(56)17-20-46(48)51/h15-20,25-27,34-39,55-56H,13-14,21-24,28-33,52H2,1-12H3,(H2,53,54,72). The number of carbonyl (C=O) groups is 1. The maximum Gasteiger partial charge on any atom is 0.479 e. The molecule has 8 heterocycles. The molecule has 6 fully saturated rings. The number of aromatic hydroxyl groups is 2. The number of phenolic OH excluding ortho intramolecular Hbond substituents is 2. The Morgan fingerprint density at radius 1 is 0.512 bits per heavy atom. The van der Waals surface area contributed by atoms with Crippen molar-refractivity contribution in [3.8, 4) is 23.0 Å². The summed E-state index contributed by atoms with van der Waals surface area (Å²) in [4.78, 5) is 14.0. The summed E-state index contributed by atoms with van der Waals surface area (Å²) in [6, 6.07) is 17.6. The number of nitrogens with one attached hydrogen (secondary N) is 2. The van der Waals surface area contributed by atoms with Gasteiger partial charge in [-0.05, 0) is 104 Å². The Morgan fingerprint density at radius 3 is 1.23 bits per heavy atom. The van der Waals surface area contributed by atoms with Crippen LogP contribution in [0.5, 0.6) is 23.0 Å². The van der Waals surface area contributed by atoms with Crippen molar-refractivity contribution in [3.63, 3.8) is 0 Å². The smallest absolute Gasteiger partial charge is 0.479 e. The van der Waals surface area contributed by atoms with Crippen molar-refractivity contribution < 1.29 is 73.9 Å². The minimum Gasteiger partial charge on any atom is -0.508 e. The molecule has 0 amide bonds. The molecule has 8 aliphatic rings. The molecule has 0 radical (unpaired) electrons. The number of nitrogens with two attached hydrogens (primary N) is 1. The molecule has 6 N–H and O–H groups in total. The van der Waals surface area contributed by atoms with Crippen molar-refractivity contribution in [2.24, 2.45) is 41.2 Å². The summed E-state index contributed by atoms with van der Waals surface area (Å²) < 4.78 is 107. The number of ether oxygens (including phenoxy) is 2. The molecule has 11 rings (SSSR count). The van der Waals surface area contributed by atoms with Crippen molar-refractivity contribution in [1.29, 1.82) is 0 Å². The molecule has 1 spiro atoms. The van der Waals surface area contributed by atoms with E-state index in [2.05, 4.69) is 93.7 Å². The van der Waals surface area contributed by atoms with E-state index in [4.69, 9.17) is 76.8 Å². The molecule has 8 bridgehead atoms. The number of rotatable bonds is 20. The first kappa shape index (κ1) is 60.6. The first-order chi connectivity index (χ1) is 37.6. The van der Waals surface area contributed by atoms with Crippen molar-refractivity contribution in [2.45, 2.75) is 150 Å². The van der Waals surface area contributed by atoms with Crippen LogP contribution in [0, 0.1) is 35.5 Å². The zero-order valence-electron chi connectivity index (χ0n) is 48.1. The van der Waals surface area contributed by atoms with Gasteiger partial charge in [0.15, 0.2) is 10.7 Å². The Morgan fingerprint density at radius 2 is 0.863 bits per heavy atom. The van der Waals surface area contributed by atoms with Gasteiger partial charge in [0.05, 0.1) is 5.56 Å². The van der Waals surface area contributed by atoms with E-state index >= 15 is 0 Å². The normalized spacial score (nSPS) is 32.6. The van der Waals surface area contributed by atoms with Gasteiger partial charge in [-0.15, -0.1) is 0 Å². The second-order valence-corrected chi connectivity index (χ2v) is 49.5. The molecule has 80 heavy (non-hydrogen) atoms. The van der Waals surface area contributed by atoms with E-state index in [-0.39, 0.29) is 53.1 Å². The molecule has 20 nitrogen and oxygen atoms in total. The topological polar surface area (TPSA) is 237 Å². The summed E-state index contributed by atoms with van der Waals surface area (Å²) in [5.74, 6) is 0.0978. The second kappa shape index (κ2) is 22.4. The van der Waals surface area contributed by atoms with Gasteiger partial charge in [0.1, 0.15) is 23.0 Å². The van der Waals surface area contributed by atoms with Crippen LogP contribution in [0.1, 0.15) is 123 Å². The van der Waals surface area contributed by atoms with Crippen LogP contribution in [-0.4, -0.2) is 105 Å². The van der Waals surface area contributed by atoms with E-state index in [0.717, 1.165) is 0 Å². The summed E-state index contributed by atoms with van der Waals surface area (Å²) in [6.45, 7) is 26.2. The lowest BCUT2D eigenvalue weighted by Crippen LogP contribution is -2.88. The predicted octanol–water partition coefficient (Wildman–Crippen LogP) is 10.4. The molecule has 29 heteroatoms. The number of thiocarbonyl (C=S) groups is 1. The Kier molecular flexibility index (Phi) is 16.9. The third-order valence-corrected chi connectivity index (χ3v) is 54.3. The van der Waals surface area contributed by atoms with Gasteiger partial charge in [0.25, 0.3) is 0 Å². The van der Waals surface area contributed by atoms with Crippen molar-refractivity contribution in [1.82, 2.24) is 5.32 Å². The van der Waals surface area contributed by atoms with Crippen LogP contribution in [0.25, 0.3) is 0 Å². The molecule has 3 aromatic rings. The molecule has 440 valence electrons. The molecular weight excluding hydrogens is 1180 g/mol. The Balaban J connectivity index is 1.02. The zero-order valence-corrected chi connectivity index (χ0v) is 57.0. The van der Waals surface area contributed by atoms with E-state index < -0.39 is 82.0 Å². The number of anilines is 1. The van der Waals surface area contributed by atoms with Gasteiger partial charge >= 0.3 is 76.4 Å². The monoisotopic (exact) mass is 1260 g/mol. The summed E-state index contributed by atoms with van der Waals surface area (Å²) in [7, 11) is -32.9. The molecule has 0 unspecified atom stereocenters. The van der Waals surface area contributed by atoms with Crippen LogP contribution in [0.3, 0.4) is 0 Å². The lowest BCUT2D eigenvalue weighted by molar-refractivity contribution is -0.0338. The first-order valence-corrected chi connectivity index (χ1v) is 44.4. The van der Waals surface area contributed by atoms with Crippen LogP contribution in [-0.2, 0) is 59.7 Å². The maximum atomic E-state index is 14.0. The predicted molar refractivity (Wildman–Crippen MR) is 317 cm³/mol. The first-order valence-electron chi connectivity index (χ1n) is 28.5. The fraction of sp³-hybridized carbons (Fsp3) is 0.608. The molecule has 0 saturated carbocycles. The van der Waals surface area contributed by atoms with Gasteiger partial charge in [-0.25, -0.2) is 4.79 Å². The lowest BCUT2D eigenvalue weighted by Gasteiger charge is -2.64. The highest BCUT2D eigenvalue weighted by Crippen LogP contribution is 2.59. The molecule has 0 aliphatic carbocycles. The molecule has 8 aliphatic heterocycles. The largest absolute Gasteiger partial charge is 0.508 e. The average molecular weight is 1260 g/mol. The number of fused-ring (bicyclic) bond motifs is 6. The van der Waals surface area contributed by atoms with Gasteiger partial charge in [0.2, 0.25) is 0 Å². The minimum absolute atomic E-state index is 0.0114. The summed E-state index contributed by atoms with van der Waals surface area (Å²) >= 11 is 5.96.